The Labute approximate surface area is 158 Å². The van der Waals surface area contributed by atoms with Crippen LogP contribution in [0.2, 0.25) is 0 Å². The van der Waals surface area contributed by atoms with Gasteiger partial charge in [-0.15, -0.1) is 0 Å². The van der Waals surface area contributed by atoms with Crippen molar-refractivity contribution in [2.45, 2.75) is 33.2 Å². The van der Waals surface area contributed by atoms with E-state index in [2.05, 4.69) is 27.1 Å². The van der Waals surface area contributed by atoms with Crippen molar-refractivity contribution in [1.82, 2.24) is 15.3 Å². The Balaban J connectivity index is 1.40. The SMILES string of the molecule is Cc1nc(N2CCC(C)CC2)ncc1C(=O)NCc1ccc2c(c1)OCO2. The minimum absolute atomic E-state index is 0.177. The highest BCUT2D eigenvalue weighted by Crippen LogP contribution is 2.32. The molecule has 3 heterocycles. The predicted molar refractivity (Wildman–Crippen MR) is 101 cm³/mol. The van der Waals surface area contributed by atoms with E-state index in [-0.39, 0.29) is 12.7 Å². The van der Waals surface area contributed by atoms with Crippen LogP contribution in [-0.4, -0.2) is 35.8 Å². The number of hydrogen-bond acceptors (Lipinski definition) is 6. The molecule has 2 aliphatic heterocycles. The molecule has 0 radical (unpaired) electrons. The molecule has 1 aromatic heterocycles. The zero-order valence-corrected chi connectivity index (χ0v) is 15.7. The largest absolute Gasteiger partial charge is 0.454 e. The molecular formula is C20H24N4O3. The Morgan fingerprint density at radius 3 is 2.81 bits per heavy atom. The van der Waals surface area contributed by atoms with Crippen LogP contribution in [-0.2, 0) is 6.54 Å². The third-order valence-electron chi connectivity index (χ3n) is 5.17. The van der Waals surface area contributed by atoms with Gasteiger partial charge in [-0.1, -0.05) is 13.0 Å². The van der Waals surface area contributed by atoms with Crippen molar-refractivity contribution in [1.29, 1.82) is 0 Å². The maximum atomic E-state index is 12.5. The van der Waals surface area contributed by atoms with Crippen LogP contribution in [0.4, 0.5) is 5.95 Å². The van der Waals surface area contributed by atoms with Gasteiger partial charge in [-0.3, -0.25) is 4.79 Å². The molecule has 142 valence electrons. The zero-order chi connectivity index (χ0) is 18.8. The van der Waals surface area contributed by atoms with E-state index in [9.17, 15) is 4.79 Å². The number of nitrogens with zero attached hydrogens (tertiary/aromatic N) is 3. The topological polar surface area (TPSA) is 76.6 Å². The van der Waals surface area contributed by atoms with Crippen molar-refractivity contribution in [2.75, 3.05) is 24.8 Å². The Kier molecular flexibility index (Phi) is 4.83. The van der Waals surface area contributed by atoms with Gasteiger partial charge in [0, 0.05) is 25.8 Å². The third-order valence-corrected chi connectivity index (χ3v) is 5.17. The first-order chi connectivity index (χ1) is 13.1. The smallest absolute Gasteiger partial charge is 0.254 e. The minimum Gasteiger partial charge on any atom is -0.454 e. The molecule has 0 unspecified atom stereocenters. The van der Waals surface area contributed by atoms with Crippen LogP contribution in [0.5, 0.6) is 11.5 Å². The lowest BCUT2D eigenvalue weighted by Gasteiger charge is -2.30. The van der Waals surface area contributed by atoms with E-state index < -0.39 is 0 Å². The summed E-state index contributed by atoms with van der Waals surface area (Å²) in [6.45, 7) is 6.71. The lowest BCUT2D eigenvalue weighted by Crippen LogP contribution is -2.34. The molecule has 7 nitrogen and oxygen atoms in total. The molecule has 27 heavy (non-hydrogen) atoms. The molecule has 1 amide bonds. The van der Waals surface area contributed by atoms with Crippen molar-refractivity contribution in [2.24, 2.45) is 5.92 Å². The Hall–Kier alpha value is -2.83. The first-order valence-corrected chi connectivity index (χ1v) is 9.35. The Morgan fingerprint density at radius 1 is 1.26 bits per heavy atom. The Bertz CT molecular complexity index is 847. The molecule has 1 fully saturated rings. The van der Waals surface area contributed by atoms with Gasteiger partial charge in [0.1, 0.15) is 0 Å². The molecule has 1 N–H and O–H groups in total. The van der Waals surface area contributed by atoms with E-state index in [1.165, 1.54) is 0 Å². The minimum atomic E-state index is -0.177. The molecule has 2 aromatic rings. The summed E-state index contributed by atoms with van der Waals surface area (Å²) in [5.41, 5.74) is 2.15. The number of carbonyl (C=O) groups is 1. The summed E-state index contributed by atoms with van der Waals surface area (Å²) in [6.07, 6.45) is 3.94. The summed E-state index contributed by atoms with van der Waals surface area (Å²) in [5.74, 6) is 2.73. The highest BCUT2D eigenvalue weighted by Gasteiger charge is 2.20. The molecular weight excluding hydrogens is 344 g/mol. The number of aryl methyl sites for hydroxylation is 1. The maximum absolute atomic E-state index is 12.5. The fourth-order valence-electron chi connectivity index (χ4n) is 3.37. The van der Waals surface area contributed by atoms with Crippen LogP contribution in [0.3, 0.4) is 0 Å². The van der Waals surface area contributed by atoms with Gasteiger partial charge >= 0.3 is 0 Å². The van der Waals surface area contributed by atoms with Gasteiger partial charge < -0.3 is 19.7 Å². The average Bonchev–Trinajstić information content (AvgIpc) is 3.14. The van der Waals surface area contributed by atoms with Crippen molar-refractivity contribution in [3.05, 3.63) is 41.2 Å². The molecule has 0 saturated carbocycles. The summed E-state index contributed by atoms with van der Waals surface area (Å²) < 4.78 is 10.7. The number of hydrogen-bond donors (Lipinski definition) is 1. The van der Waals surface area contributed by atoms with Crippen LogP contribution in [0.1, 0.15) is 41.4 Å². The van der Waals surface area contributed by atoms with E-state index in [1.807, 2.05) is 25.1 Å². The van der Waals surface area contributed by atoms with Crippen LogP contribution < -0.4 is 19.7 Å². The molecule has 0 bridgehead atoms. The van der Waals surface area contributed by atoms with Gasteiger partial charge in [0.05, 0.1) is 11.3 Å². The van der Waals surface area contributed by atoms with Crippen LogP contribution in [0.25, 0.3) is 0 Å². The van der Waals surface area contributed by atoms with Crippen LogP contribution in [0, 0.1) is 12.8 Å². The van der Waals surface area contributed by atoms with Crippen molar-refractivity contribution in [3.63, 3.8) is 0 Å². The second-order valence-electron chi connectivity index (χ2n) is 7.21. The van der Waals surface area contributed by atoms with Gasteiger partial charge in [-0.2, -0.15) is 0 Å². The normalized spacial score (nSPS) is 16.4. The lowest BCUT2D eigenvalue weighted by atomic mass is 10.00. The van der Waals surface area contributed by atoms with Gasteiger partial charge in [0.15, 0.2) is 11.5 Å². The number of benzene rings is 1. The fourth-order valence-corrected chi connectivity index (χ4v) is 3.37. The number of amides is 1. The van der Waals surface area contributed by atoms with Crippen LogP contribution in [0.15, 0.2) is 24.4 Å². The number of anilines is 1. The number of aromatic nitrogens is 2. The fraction of sp³-hybridized carbons (Fsp3) is 0.450. The number of carbonyl (C=O) groups excluding carboxylic acids is 1. The van der Waals surface area contributed by atoms with E-state index in [1.54, 1.807) is 6.20 Å². The number of nitrogens with one attached hydrogen (secondary N) is 1. The second kappa shape index (κ2) is 7.42. The molecule has 0 spiro atoms. The number of fused-ring (bicyclic) bond motifs is 1. The molecule has 1 aromatic carbocycles. The molecule has 7 heteroatoms. The quantitative estimate of drug-likeness (QED) is 0.894. The zero-order valence-electron chi connectivity index (χ0n) is 15.7. The van der Waals surface area contributed by atoms with Crippen molar-refractivity contribution < 1.29 is 14.3 Å². The summed E-state index contributed by atoms with van der Waals surface area (Å²) in [6, 6.07) is 5.65. The van der Waals surface area contributed by atoms with Crippen molar-refractivity contribution >= 4 is 11.9 Å². The number of rotatable bonds is 4. The third kappa shape index (κ3) is 3.82. The highest BCUT2D eigenvalue weighted by atomic mass is 16.7. The summed E-state index contributed by atoms with van der Waals surface area (Å²) >= 11 is 0. The molecule has 0 atom stereocenters. The van der Waals surface area contributed by atoms with E-state index >= 15 is 0 Å². The van der Waals surface area contributed by atoms with Crippen molar-refractivity contribution in [3.8, 4) is 11.5 Å². The average molecular weight is 368 g/mol. The van der Waals surface area contributed by atoms with Gasteiger partial charge in [-0.05, 0) is 43.4 Å². The van der Waals surface area contributed by atoms with E-state index in [4.69, 9.17) is 9.47 Å². The second-order valence-corrected chi connectivity index (χ2v) is 7.21. The maximum Gasteiger partial charge on any atom is 0.254 e. The molecule has 2 aliphatic rings. The Morgan fingerprint density at radius 2 is 2.04 bits per heavy atom. The first kappa shape index (κ1) is 17.6. The summed E-state index contributed by atoms with van der Waals surface area (Å²) in [4.78, 5) is 23.7. The summed E-state index contributed by atoms with van der Waals surface area (Å²) in [7, 11) is 0. The van der Waals surface area contributed by atoms with E-state index in [0.29, 0.717) is 29.5 Å². The van der Waals surface area contributed by atoms with Gasteiger partial charge in [0.25, 0.3) is 5.91 Å². The molecule has 4 rings (SSSR count). The number of ether oxygens (including phenoxy) is 2. The monoisotopic (exact) mass is 368 g/mol. The predicted octanol–water partition coefficient (Wildman–Crippen LogP) is 2.68. The molecule has 1 saturated heterocycles. The first-order valence-electron chi connectivity index (χ1n) is 9.35. The summed E-state index contributed by atoms with van der Waals surface area (Å²) in [5, 5.41) is 2.92. The van der Waals surface area contributed by atoms with E-state index in [0.717, 1.165) is 43.2 Å². The number of piperidine rings is 1. The lowest BCUT2D eigenvalue weighted by molar-refractivity contribution is 0.0949. The van der Waals surface area contributed by atoms with Gasteiger partial charge in [-0.25, -0.2) is 9.97 Å². The van der Waals surface area contributed by atoms with Crippen LogP contribution >= 0.6 is 0 Å². The molecule has 0 aliphatic carbocycles. The van der Waals surface area contributed by atoms with Gasteiger partial charge in [0.2, 0.25) is 12.7 Å². The highest BCUT2D eigenvalue weighted by molar-refractivity contribution is 5.94. The standard InChI is InChI=1S/C20H24N4O3/c1-13-5-7-24(8-6-13)20-22-11-16(14(2)23-20)19(25)21-10-15-3-4-17-18(9-15)27-12-26-17/h3-4,9,11,13H,5-8,10,12H2,1-2H3,(H,21,25).